The molecule has 0 atom stereocenters. The van der Waals surface area contributed by atoms with Crippen LogP contribution in [0.3, 0.4) is 0 Å². The number of ketones is 1. The largest absolute Gasteiger partial charge is 0.506 e. The molecule has 0 bridgehead atoms. The van der Waals surface area contributed by atoms with Crippen molar-refractivity contribution in [3.8, 4) is 16.9 Å². The second kappa shape index (κ2) is 6.56. The molecular formula is C19H15N3O4. The number of allylic oxidation sites excluding steroid dienone is 1. The Kier molecular flexibility index (Phi) is 4.28. The average Bonchev–Trinajstić information content (AvgIpc) is 2.62. The molecule has 6 N–H and O–H groups in total. The van der Waals surface area contributed by atoms with Crippen molar-refractivity contribution in [3.63, 3.8) is 0 Å². The number of nitrogens with two attached hydrogens (primary N) is 1. The summed E-state index contributed by atoms with van der Waals surface area (Å²) in [6.07, 6.45) is 0.971. The van der Waals surface area contributed by atoms with Crippen molar-refractivity contribution in [1.82, 2.24) is 0 Å². The lowest BCUT2D eigenvalue weighted by Crippen LogP contribution is -2.31. The zero-order valence-corrected chi connectivity index (χ0v) is 13.5. The Bertz CT molecular complexity index is 991. The van der Waals surface area contributed by atoms with Gasteiger partial charge in [-0.2, -0.15) is 0 Å². The summed E-state index contributed by atoms with van der Waals surface area (Å²) in [5, 5.41) is 30.6. The Balaban J connectivity index is 2.01. The maximum Gasteiger partial charge on any atom is 0.254 e. The van der Waals surface area contributed by atoms with Gasteiger partial charge in [-0.1, -0.05) is 36.4 Å². The zero-order valence-electron chi connectivity index (χ0n) is 13.5. The fourth-order valence-corrected chi connectivity index (χ4v) is 2.57. The molecule has 7 heteroatoms. The van der Waals surface area contributed by atoms with Crippen LogP contribution in [0.25, 0.3) is 11.1 Å². The van der Waals surface area contributed by atoms with Crippen molar-refractivity contribution >= 4 is 23.1 Å². The van der Waals surface area contributed by atoms with Crippen molar-refractivity contribution in [2.75, 3.05) is 5.32 Å². The third-order valence-electron chi connectivity index (χ3n) is 3.88. The first-order valence-corrected chi connectivity index (χ1v) is 7.62. The average molecular weight is 349 g/mol. The lowest BCUT2D eigenvalue weighted by atomic mass is 9.97. The van der Waals surface area contributed by atoms with Gasteiger partial charge in [-0.05, 0) is 23.3 Å². The van der Waals surface area contributed by atoms with Crippen molar-refractivity contribution in [2.45, 2.75) is 0 Å². The normalized spacial score (nSPS) is 14.2. The molecule has 0 aliphatic heterocycles. The van der Waals surface area contributed by atoms with E-state index in [1.54, 1.807) is 12.1 Å². The predicted molar refractivity (Wildman–Crippen MR) is 96.8 cm³/mol. The standard InChI is InChI=1S/C19H15N3O4/c20-17-15(24)9-13(18(25)16(17)19(21)26)22-12-8-11(6-7-14(12)23)10-4-2-1-3-5-10/h1-9,20,22-23,25H,(H2,21,26). The number of hydrogen-bond donors (Lipinski definition) is 5. The first kappa shape index (κ1) is 17.0. The van der Waals surface area contributed by atoms with Gasteiger partial charge in [0.2, 0.25) is 5.78 Å². The van der Waals surface area contributed by atoms with E-state index in [9.17, 15) is 19.8 Å². The van der Waals surface area contributed by atoms with Gasteiger partial charge in [0.1, 0.15) is 17.0 Å². The molecule has 2 aromatic carbocycles. The molecule has 0 saturated carbocycles. The first-order valence-electron chi connectivity index (χ1n) is 7.62. The quantitative estimate of drug-likeness (QED) is 0.426. The number of carbonyl (C=O) groups excluding carboxylic acids is 2. The molecule has 7 nitrogen and oxygen atoms in total. The van der Waals surface area contributed by atoms with Gasteiger partial charge in [0.05, 0.1) is 11.4 Å². The number of rotatable bonds is 4. The number of phenolic OH excluding ortho intramolecular Hbond substituents is 1. The van der Waals surface area contributed by atoms with E-state index in [1.807, 2.05) is 30.3 Å². The monoisotopic (exact) mass is 349 g/mol. The van der Waals surface area contributed by atoms with E-state index in [4.69, 9.17) is 11.1 Å². The van der Waals surface area contributed by atoms with Gasteiger partial charge in [-0.25, -0.2) is 0 Å². The SMILES string of the molecule is N=C1C(=O)C=C(Nc2cc(-c3ccccc3)ccc2O)C(O)=C1C(N)=O. The molecule has 1 aliphatic rings. The summed E-state index contributed by atoms with van der Waals surface area (Å²) >= 11 is 0. The van der Waals surface area contributed by atoms with Crippen molar-refractivity contribution < 1.29 is 19.8 Å². The van der Waals surface area contributed by atoms with Crippen molar-refractivity contribution in [3.05, 3.63) is 71.6 Å². The number of phenols is 1. The minimum Gasteiger partial charge on any atom is -0.506 e. The highest BCUT2D eigenvalue weighted by atomic mass is 16.3. The van der Waals surface area contributed by atoms with Crippen molar-refractivity contribution in [2.24, 2.45) is 5.73 Å². The Morgan fingerprint density at radius 3 is 2.38 bits per heavy atom. The van der Waals surface area contributed by atoms with Crippen LogP contribution in [0.15, 0.2) is 71.6 Å². The van der Waals surface area contributed by atoms with Gasteiger partial charge in [0.15, 0.2) is 5.76 Å². The molecular weight excluding hydrogens is 334 g/mol. The first-order chi connectivity index (χ1) is 12.4. The Hall–Kier alpha value is -3.87. The summed E-state index contributed by atoms with van der Waals surface area (Å²) in [5.41, 5.74) is 5.68. The van der Waals surface area contributed by atoms with Gasteiger partial charge >= 0.3 is 0 Å². The molecule has 0 heterocycles. The highest BCUT2D eigenvalue weighted by Gasteiger charge is 2.29. The second-order valence-corrected chi connectivity index (χ2v) is 5.61. The third-order valence-corrected chi connectivity index (χ3v) is 3.88. The summed E-state index contributed by atoms with van der Waals surface area (Å²) < 4.78 is 0. The number of hydrogen-bond acceptors (Lipinski definition) is 6. The third kappa shape index (κ3) is 3.05. The van der Waals surface area contributed by atoms with Crippen LogP contribution >= 0.6 is 0 Å². The summed E-state index contributed by atoms with van der Waals surface area (Å²) in [6, 6.07) is 14.2. The van der Waals surface area contributed by atoms with Crippen LogP contribution in [0.2, 0.25) is 0 Å². The number of carbonyl (C=O) groups is 2. The van der Waals surface area contributed by atoms with E-state index in [0.29, 0.717) is 0 Å². The molecule has 1 aliphatic carbocycles. The number of aliphatic hydroxyl groups is 1. The van der Waals surface area contributed by atoms with Crippen LogP contribution in [-0.4, -0.2) is 27.6 Å². The van der Waals surface area contributed by atoms with Gasteiger partial charge in [0.25, 0.3) is 5.91 Å². The van der Waals surface area contributed by atoms with Crippen LogP contribution in [0.4, 0.5) is 5.69 Å². The number of primary amides is 1. The maximum absolute atomic E-state index is 11.9. The molecule has 3 rings (SSSR count). The highest BCUT2D eigenvalue weighted by Crippen LogP contribution is 2.32. The summed E-state index contributed by atoms with van der Waals surface area (Å²) in [6.45, 7) is 0. The fraction of sp³-hybridized carbons (Fsp3) is 0. The molecule has 2 aromatic rings. The summed E-state index contributed by atoms with van der Waals surface area (Å²) in [5.74, 6) is -2.60. The molecule has 0 fully saturated rings. The molecule has 0 unspecified atom stereocenters. The number of anilines is 1. The molecule has 0 spiro atoms. The molecule has 0 radical (unpaired) electrons. The number of aliphatic hydroxyl groups excluding tert-OH is 1. The van der Waals surface area contributed by atoms with Crippen molar-refractivity contribution in [1.29, 1.82) is 5.41 Å². The van der Waals surface area contributed by atoms with E-state index in [0.717, 1.165) is 17.2 Å². The van der Waals surface area contributed by atoms with Crippen LogP contribution in [0.5, 0.6) is 5.75 Å². The molecule has 0 aromatic heterocycles. The van der Waals surface area contributed by atoms with Gasteiger partial charge < -0.3 is 21.3 Å². The predicted octanol–water partition coefficient (Wildman–Crippen LogP) is 2.25. The van der Waals surface area contributed by atoms with E-state index in [-0.39, 0.29) is 17.1 Å². The second-order valence-electron chi connectivity index (χ2n) is 5.61. The van der Waals surface area contributed by atoms with Gasteiger partial charge in [-0.3, -0.25) is 15.0 Å². The molecule has 26 heavy (non-hydrogen) atoms. The van der Waals surface area contributed by atoms with E-state index < -0.39 is 28.7 Å². The fourth-order valence-electron chi connectivity index (χ4n) is 2.57. The minimum absolute atomic E-state index is 0.118. The molecule has 130 valence electrons. The molecule has 1 amide bonds. The van der Waals surface area contributed by atoms with Gasteiger partial charge in [0, 0.05) is 6.08 Å². The van der Waals surface area contributed by atoms with E-state index in [2.05, 4.69) is 5.32 Å². The minimum atomic E-state index is -1.09. The van der Waals surface area contributed by atoms with E-state index >= 15 is 0 Å². The maximum atomic E-state index is 11.9. The molecule has 0 saturated heterocycles. The summed E-state index contributed by atoms with van der Waals surface area (Å²) in [4.78, 5) is 23.3. The highest BCUT2D eigenvalue weighted by molar-refractivity contribution is 6.54. The van der Waals surface area contributed by atoms with Crippen LogP contribution in [0, 0.1) is 5.41 Å². The zero-order chi connectivity index (χ0) is 18.8. The Morgan fingerprint density at radius 2 is 1.73 bits per heavy atom. The number of benzene rings is 2. The number of nitrogens with one attached hydrogen (secondary N) is 2. The lowest BCUT2D eigenvalue weighted by Gasteiger charge is -2.18. The Morgan fingerprint density at radius 1 is 1.04 bits per heavy atom. The van der Waals surface area contributed by atoms with Crippen LogP contribution < -0.4 is 11.1 Å². The topological polar surface area (TPSA) is 136 Å². The van der Waals surface area contributed by atoms with Crippen LogP contribution in [-0.2, 0) is 9.59 Å². The lowest BCUT2D eigenvalue weighted by molar-refractivity contribution is -0.115. The number of aromatic hydroxyl groups is 1. The van der Waals surface area contributed by atoms with Gasteiger partial charge in [-0.15, -0.1) is 0 Å². The Labute approximate surface area is 148 Å². The summed E-state index contributed by atoms with van der Waals surface area (Å²) in [7, 11) is 0. The van der Waals surface area contributed by atoms with Crippen LogP contribution in [0.1, 0.15) is 0 Å². The van der Waals surface area contributed by atoms with E-state index in [1.165, 1.54) is 6.07 Å². The number of amides is 1. The smallest absolute Gasteiger partial charge is 0.254 e.